The van der Waals surface area contributed by atoms with Gasteiger partial charge in [0.2, 0.25) is 0 Å². The van der Waals surface area contributed by atoms with Gasteiger partial charge in [0, 0.05) is 27.2 Å². The molecule has 1 heterocycles. The molecule has 0 atom stereocenters. The predicted octanol–water partition coefficient (Wildman–Crippen LogP) is 7.29. The Hall–Kier alpha value is -3.32. The van der Waals surface area contributed by atoms with Crippen molar-refractivity contribution in [2.24, 2.45) is 0 Å². The van der Waals surface area contributed by atoms with Crippen LogP contribution in [0.2, 0.25) is 0 Å². The van der Waals surface area contributed by atoms with E-state index in [1.165, 1.54) is 55.2 Å². The van der Waals surface area contributed by atoms with Crippen LogP contribution >= 0.6 is 0 Å². The molecule has 28 heavy (non-hydrogen) atoms. The third-order valence-corrected chi connectivity index (χ3v) is 6.41. The van der Waals surface area contributed by atoms with Crippen LogP contribution in [0.5, 0.6) is 0 Å². The molecule has 1 aliphatic rings. The molecule has 0 spiro atoms. The highest BCUT2D eigenvalue weighted by molar-refractivity contribution is 6.10. The molecule has 0 saturated carbocycles. The highest BCUT2D eigenvalue weighted by Crippen LogP contribution is 2.50. The molecule has 1 nitrogen and oxygen atoms in total. The Labute approximate surface area is 164 Å². The minimum atomic E-state index is 0.0343. The SMILES string of the molecule is CC1(C)c2ccccc2-c2cc3c(cc21)[nH]c1ccc(-c2ccccc2)cc13. The van der Waals surface area contributed by atoms with Crippen LogP contribution < -0.4 is 0 Å². The second kappa shape index (κ2) is 5.36. The highest BCUT2D eigenvalue weighted by Gasteiger charge is 2.35. The third-order valence-electron chi connectivity index (χ3n) is 6.41. The van der Waals surface area contributed by atoms with E-state index in [9.17, 15) is 0 Å². The summed E-state index contributed by atoms with van der Waals surface area (Å²) in [7, 11) is 0. The van der Waals surface area contributed by atoms with Gasteiger partial charge in [-0.25, -0.2) is 0 Å². The maximum absolute atomic E-state index is 3.65. The van der Waals surface area contributed by atoms with E-state index in [2.05, 4.69) is 104 Å². The van der Waals surface area contributed by atoms with E-state index < -0.39 is 0 Å². The zero-order chi connectivity index (χ0) is 18.9. The van der Waals surface area contributed by atoms with Crippen molar-refractivity contribution >= 4 is 21.8 Å². The maximum Gasteiger partial charge on any atom is 0.0468 e. The van der Waals surface area contributed by atoms with Crippen molar-refractivity contribution in [3.05, 3.63) is 96.1 Å². The fraction of sp³-hybridized carbons (Fsp3) is 0.111. The topological polar surface area (TPSA) is 15.8 Å². The van der Waals surface area contributed by atoms with Crippen LogP contribution in [0.1, 0.15) is 25.0 Å². The van der Waals surface area contributed by atoms with Gasteiger partial charge < -0.3 is 4.98 Å². The molecule has 134 valence electrons. The summed E-state index contributed by atoms with van der Waals surface area (Å²) in [5.41, 5.74) is 10.6. The smallest absolute Gasteiger partial charge is 0.0468 e. The first-order chi connectivity index (χ1) is 13.6. The van der Waals surface area contributed by atoms with Crippen molar-refractivity contribution in [3.8, 4) is 22.3 Å². The lowest BCUT2D eigenvalue weighted by atomic mass is 9.82. The molecule has 5 aromatic rings. The third kappa shape index (κ3) is 2.02. The molecule has 0 bridgehead atoms. The van der Waals surface area contributed by atoms with Crippen molar-refractivity contribution in [2.45, 2.75) is 19.3 Å². The van der Waals surface area contributed by atoms with Crippen LogP contribution in [-0.2, 0) is 5.41 Å². The molecular formula is C27H21N. The fourth-order valence-electron chi connectivity index (χ4n) is 4.91. The van der Waals surface area contributed by atoms with Gasteiger partial charge in [-0.3, -0.25) is 0 Å². The van der Waals surface area contributed by atoms with E-state index in [0.717, 1.165) is 0 Å². The second-order valence-corrected chi connectivity index (χ2v) is 8.37. The summed E-state index contributed by atoms with van der Waals surface area (Å²) in [4.78, 5) is 3.65. The Morgan fingerprint density at radius 1 is 0.571 bits per heavy atom. The number of rotatable bonds is 1. The van der Waals surface area contributed by atoms with Gasteiger partial charge in [0.25, 0.3) is 0 Å². The van der Waals surface area contributed by atoms with Gasteiger partial charge in [0.1, 0.15) is 0 Å². The molecule has 4 aromatic carbocycles. The summed E-state index contributed by atoms with van der Waals surface area (Å²) in [5, 5.41) is 2.60. The van der Waals surface area contributed by atoms with Crippen LogP contribution in [0.15, 0.2) is 84.9 Å². The second-order valence-electron chi connectivity index (χ2n) is 8.37. The number of aromatic amines is 1. The Kier molecular flexibility index (Phi) is 3.01. The molecule has 1 aromatic heterocycles. The largest absolute Gasteiger partial charge is 0.355 e. The number of benzene rings is 4. The maximum atomic E-state index is 3.65. The zero-order valence-corrected chi connectivity index (χ0v) is 16.1. The van der Waals surface area contributed by atoms with E-state index >= 15 is 0 Å². The monoisotopic (exact) mass is 359 g/mol. The molecule has 0 fully saturated rings. The fourth-order valence-corrected chi connectivity index (χ4v) is 4.91. The molecular weight excluding hydrogens is 338 g/mol. The minimum Gasteiger partial charge on any atom is -0.355 e. The molecule has 0 amide bonds. The van der Waals surface area contributed by atoms with Gasteiger partial charge in [-0.1, -0.05) is 74.5 Å². The van der Waals surface area contributed by atoms with Crippen LogP contribution in [0, 0.1) is 0 Å². The molecule has 1 aliphatic carbocycles. The predicted molar refractivity (Wildman–Crippen MR) is 119 cm³/mol. The molecule has 0 unspecified atom stereocenters. The first-order valence-corrected chi connectivity index (χ1v) is 9.88. The van der Waals surface area contributed by atoms with Gasteiger partial charge in [0.15, 0.2) is 0 Å². The average molecular weight is 359 g/mol. The summed E-state index contributed by atoms with van der Waals surface area (Å²) in [6, 6.07) is 30.9. The van der Waals surface area contributed by atoms with Crippen LogP contribution in [0.3, 0.4) is 0 Å². The van der Waals surface area contributed by atoms with Crippen molar-refractivity contribution in [3.63, 3.8) is 0 Å². The van der Waals surface area contributed by atoms with Gasteiger partial charge in [-0.2, -0.15) is 0 Å². The molecule has 1 heteroatoms. The summed E-state index contributed by atoms with van der Waals surface area (Å²) < 4.78 is 0. The summed E-state index contributed by atoms with van der Waals surface area (Å²) in [6.45, 7) is 4.67. The quantitative estimate of drug-likeness (QED) is 0.323. The molecule has 6 rings (SSSR count). The number of aromatic nitrogens is 1. The van der Waals surface area contributed by atoms with Crippen LogP contribution in [0.25, 0.3) is 44.1 Å². The number of hydrogen-bond acceptors (Lipinski definition) is 0. The van der Waals surface area contributed by atoms with Gasteiger partial charge in [-0.05, 0) is 57.6 Å². The molecule has 1 N–H and O–H groups in total. The zero-order valence-electron chi connectivity index (χ0n) is 16.1. The van der Waals surface area contributed by atoms with Gasteiger partial charge >= 0.3 is 0 Å². The van der Waals surface area contributed by atoms with Crippen molar-refractivity contribution in [2.75, 3.05) is 0 Å². The highest BCUT2D eigenvalue weighted by atomic mass is 14.7. The van der Waals surface area contributed by atoms with Gasteiger partial charge in [-0.15, -0.1) is 0 Å². The minimum absolute atomic E-state index is 0.0343. The Morgan fingerprint density at radius 3 is 2.18 bits per heavy atom. The normalized spacial score (nSPS) is 14.4. The first-order valence-electron chi connectivity index (χ1n) is 9.88. The Bertz CT molecular complexity index is 1370. The van der Waals surface area contributed by atoms with Crippen molar-refractivity contribution in [1.82, 2.24) is 4.98 Å². The number of nitrogens with one attached hydrogen (secondary N) is 1. The number of fused-ring (bicyclic) bond motifs is 6. The first kappa shape index (κ1) is 15.7. The summed E-state index contributed by atoms with van der Waals surface area (Å²) in [6.07, 6.45) is 0. The Morgan fingerprint density at radius 2 is 1.32 bits per heavy atom. The molecule has 0 aliphatic heterocycles. The average Bonchev–Trinajstić information content (AvgIpc) is 3.20. The van der Waals surface area contributed by atoms with E-state index in [1.807, 2.05) is 0 Å². The van der Waals surface area contributed by atoms with Crippen molar-refractivity contribution in [1.29, 1.82) is 0 Å². The van der Waals surface area contributed by atoms with E-state index in [0.29, 0.717) is 0 Å². The van der Waals surface area contributed by atoms with Crippen LogP contribution in [0.4, 0.5) is 0 Å². The molecule has 0 radical (unpaired) electrons. The lowest BCUT2D eigenvalue weighted by Crippen LogP contribution is -2.14. The van der Waals surface area contributed by atoms with E-state index in [-0.39, 0.29) is 5.41 Å². The van der Waals surface area contributed by atoms with Gasteiger partial charge in [0.05, 0.1) is 0 Å². The lowest BCUT2D eigenvalue weighted by Gasteiger charge is -2.21. The lowest BCUT2D eigenvalue weighted by molar-refractivity contribution is 0.661. The van der Waals surface area contributed by atoms with E-state index in [4.69, 9.17) is 0 Å². The number of H-pyrrole nitrogens is 1. The van der Waals surface area contributed by atoms with E-state index in [1.54, 1.807) is 0 Å². The number of hydrogen-bond donors (Lipinski definition) is 1. The summed E-state index contributed by atoms with van der Waals surface area (Å²) >= 11 is 0. The van der Waals surface area contributed by atoms with Crippen LogP contribution in [-0.4, -0.2) is 4.98 Å². The van der Waals surface area contributed by atoms with Crippen molar-refractivity contribution < 1.29 is 0 Å². The summed E-state index contributed by atoms with van der Waals surface area (Å²) in [5.74, 6) is 0. The molecule has 0 saturated heterocycles. The Balaban J connectivity index is 1.65. The standard InChI is InChI=1S/C27H21N/c1-27(2)23-11-7-6-10-19(23)20-15-22-21-14-18(17-8-4-3-5-9-17)12-13-25(21)28-26(22)16-24(20)27/h3-16,28H,1-2H3.